The standard InChI is InChI=1S/C14H19BF3O/c1-5-14(3,4)12-6-8-13(9-7-12)19-10-11(2)15(16,17)18/h6-9H,2,5,10H2,1,3-4H3/q-1. The van der Waals surface area contributed by atoms with Crippen molar-refractivity contribution in [3.05, 3.63) is 41.9 Å². The molecule has 0 atom stereocenters. The van der Waals surface area contributed by atoms with Crippen LogP contribution in [0.25, 0.3) is 0 Å². The van der Waals surface area contributed by atoms with Crippen LogP contribution in [0.3, 0.4) is 0 Å². The van der Waals surface area contributed by atoms with E-state index in [4.69, 9.17) is 4.74 Å². The molecule has 1 aromatic carbocycles. The molecule has 5 heteroatoms. The Morgan fingerprint density at radius 3 is 2.16 bits per heavy atom. The van der Waals surface area contributed by atoms with Crippen molar-refractivity contribution in [2.45, 2.75) is 32.6 Å². The lowest BCUT2D eigenvalue weighted by Gasteiger charge is -2.23. The molecular weight excluding hydrogens is 252 g/mol. The molecule has 1 nitrogen and oxygen atoms in total. The average molecular weight is 271 g/mol. The summed E-state index contributed by atoms with van der Waals surface area (Å²) in [6, 6.07) is 7.17. The second-order valence-electron chi connectivity index (χ2n) is 5.28. The van der Waals surface area contributed by atoms with Crippen LogP contribution >= 0.6 is 0 Å². The molecule has 0 N–H and O–H groups in total. The fourth-order valence-corrected chi connectivity index (χ4v) is 1.48. The van der Waals surface area contributed by atoms with Gasteiger partial charge in [0.15, 0.2) is 0 Å². The molecule has 19 heavy (non-hydrogen) atoms. The van der Waals surface area contributed by atoms with Crippen molar-refractivity contribution in [3.63, 3.8) is 0 Å². The minimum Gasteiger partial charge on any atom is -0.492 e. The van der Waals surface area contributed by atoms with Gasteiger partial charge in [-0.05, 0) is 29.5 Å². The lowest BCUT2D eigenvalue weighted by molar-refractivity contribution is 0.346. The second-order valence-corrected chi connectivity index (χ2v) is 5.28. The van der Waals surface area contributed by atoms with Crippen LogP contribution in [-0.2, 0) is 5.41 Å². The van der Waals surface area contributed by atoms with Crippen molar-refractivity contribution >= 4 is 6.98 Å². The van der Waals surface area contributed by atoms with Crippen molar-refractivity contribution in [2.24, 2.45) is 0 Å². The number of ether oxygens (including phenoxy) is 1. The Kier molecular flexibility index (Phi) is 4.72. The Morgan fingerprint density at radius 1 is 1.21 bits per heavy atom. The van der Waals surface area contributed by atoms with Gasteiger partial charge in [-0.15, -0.1) is 12.1 Å². The zero-order valence-corrected chi connectivity index (χ0v) is 11.6. The van der Waals surface area contributed by atoms with E-state index in [0.29, 0.717) is 5.75 Å². The fourth-order valence-electron chi connectivity index (χ4n) is 1.48. The molecule has 0 spiro atoms. The van der Waals surface area contributed by atoms with Gasteiger partial charge in [0.25, 0.3) is 0 Å². The number of hydrogen-bond donors (Lipinski definition) is 0. The molecule has 1 aromatic rings. The van der Waals surface area contributed by atoms with E-state index >= 15 is 0 Å². The summed E-state index contributed by atoms with van der Waals surface area (Å²) in [6.45, 7) is 3.80. The van der Waals surface area contributed by atoms with Crippen molar-refractivity contribution in [1.82, 2.24) is 0 Å². The predicted octanol–water partition coefficient (Wildman–Crippen LogP) is 4.70. The molecule has 0 aromatic heterocycles. The highest BCUT2D eigenvalue weighted by Crippen LogP contribution is 2.28. The molecule has 0 fully saturated rings. The fraction of sp³-hybridized carbons (Fsp3) is 0.429. The first-order chi connectivity index (χ1) is 8.66. The molecule has 0 amide bonds. The summed E-state index contributed by atoms with van der Waals surface area (Å²) in [5.74, 6) is 0.428. The minimum atomic E-state index is -5.02. The molecule has 0 saturated carbocycles. The number of halogens is 3. The Labute approximate surface area is 112 Å². The van der Waals surface area contributed by atoms with Gasteiger partial charge < -0.3 is 17.7 Å². The SMILES string of the molecule is C=C(COc1ccc(C(C)(C)CC)cc1)[B-](F)(F)F. The maximum Gasteiger partial charge on any atom is 0.508 e. The van der Waals surface area contributed by atoms with Crippen LogP contribution in [0.15, 0.2) is 36.3 Å². The summed E-state index contributed by atoms with van der Waals surface area (Å²) in [7, 11) is 0. The molecule has 106 valence electrons. The summed E-state index contributed by atoms with van der Waals surface area (Å²) < 4.78 is 42.0. The molecule has 0 aliphatic carbocycles. The topological polar surface area (TPSA) is 9.23 Å². The molecule has 0 bridgehead atoms. The molecule has 1 rings (SSSR count). The van der Waals surface area contributed by atoms with Crippen molar-refractivity contribution in [1.29, 1.82) is 0 Å². The third-order valence-corrected chi connectivity index (χ3v) is 3.41. The van der Waals surface area contributed by atoms with Gasteiger partial charge in [-0.2, -0.15) is 0 Å². The summed E-state index contributed by atoms with van der Waals surface area (Å²) in [6.07, 6.45) is 0.987. The van der Waals surface area contributed by atoms with Crippen LogP contribution in [0.2, 0.25) is 0 Å². The Bertz CT molecular complexity index is 435. The van der Waals surface area contributed by atoms with Gasteiger partial charge >= 0.3 is 6.98 Å². The highest BCUT2D eigenvalue weighted by atomic mass is 19.4. The highest BCUT2D eigenvalue weighted by Gasteiger charge is 2.27. The lowest BCUT2D eigenvalue weighted by atomic mass is 9.81. The molecule has 0 aliphatic heterocycles. The molecule has 0 saturated heterocycles. The van der Waals surface area contributed by atoms with Gasteiger partial charge in [0.2, 0.25) is 0 Å². The maximum absolute atomic E-state index is 12.3. The molecule has 0 unspecified atom stereocenters. The van der Waals surface area contributed by atoms with E-state index in [1.54, 1.807) is 12.1 Å². The minimum absolute atomic E-state index is 0.0528. The van der Waals surface area contributed by atoms with Crippen LogP contribution < -0.4 is 4.74 Å². The monoisotopic (exact) mass is 271 g/mol. The normalized spacial score (nSPS) is 12.3. The lowest BCUT2D eigenvalue weighted by Crippen LogP contribution is -2.23. The van der Waals surface area contributed by atoms with Crippen LogP contribution in [0.5, 0.6) is 5.75 Å². The first kappa shape index (κ1) is 15.7. The van der Waals surface area contributed by atoms with Crippen LogP contribution in [0.4, 0.5) is 12.9 Å². The third kappa shape index (κ3) is 4.33. The first-order valence-electron chi connectivity index (χ1n) is 6.28. The number of rotatable bonds is 6. The van der Waals surface area contributed by atoms with E-state index in [1.807, 2.05) is 12.1 Å². The Morgan fingerprint density at radius 2 is 1.74 bits per heavy atom. The first-order valence-corrected chi connectivity index (χ1v) is 6.28. The van der Waals surface area contributed by atoms with Gasteiger partial charge in [-0.3, -0.25) is 0 Å². The van der Waals surface area contributed by atoms with Crippen molar-refractivity contribution in [2.75, 3.05) is 6.61 Å². The number of benzene rings is 1. The third-order valence-electron chi connectivity index (χ3n) is 3.41. The summed E-state index contributed by atoms with van der Waals surface area (Å²) in [5.41, 5.74) is 0.371. The second kappa shape index (κ2) is 5.72. The van der Waals surface area contributed by atoms with E-state index < -0.39 is 19.1 Å². The quantitative estimate of drug-likeness (QED) is 0.681. The van der Waals surface area contributed by atoms with Crippen molar-refractivity contribution < 1.29 is 17.7 Å². The summed E-state index contributed by atoms with van der Waals surface area (Å²) >= 11 is 0. The van der Waals surface area contributed by atoms with Crippen molar-refractivity contribution in [3.8, 4) is 5.75 Å². The van der Waals surface area contributed by atoms with Gasteiger partial charge in [0.1, 0.15) is 5.75 Å². The predicted molar refractivity (Wildman–Crippen MR) is 73.5 cm³/mol. The average Bonchev–Trinajstić information content (AvgIpc) is 2.35. The Balaban J connectivity index is 2.66. The van der Waals surface area contributed by atoms with Crippen LogP contribution in [-0.4, -0.2) is 13.6 Å². The van der Waals surface area contributed by atoms with E-state index in [9.17, 15) is 12.9 Å². The Hall–Kier alpha value is -1.39. The largest absolute Gasteiger partial charge is 0.508 e. The highest BCUT2D eigenvalue weighted by molar-refractivity contribution is 6.66. The number of hydrogen-bond acceptors (Lipinski definition) is 1. The molecule has 0 radical (unpaired) electrons. The summed E-state index contributed by atoms with van der Waals surface area (Å²) in [5, 5.41) is 0. The van der Waals surface area contributed by atoms with Crippen LogP contribution in [0, 0.1) is 0 Å². The van der Waals surface area contributed by atoms with Gasteiger partial charge in [-0.25, -0.2) is 0 Å². The molecule has 0 heterocycles. The van der Waals surface area contributed by atoms with E-state index in [-0.39, 0.29) is 5.41 Å². The zero-order chi connectivity index (χ0) is 14.7. The molecule has 0 aliphatic rings. The summed E-state index contributed by atoms with van der Waals surface area (Å²) in [4.78, 5) is 0. The maximum atomic E-state index is 12.3. The van der Waals surface area contributed by atoms with E-state index in [2.05, 4.69) is 27.4 Å². The van der Waals surface area contributed by atoms with Gasteiger partial charge in [0, 0.05) is 0 Å². The van der Waals surface area contributed by atoms with E-state index in [0.717, 1.165) is 12.0 Å². The van der Waals surface area contributed by atoms with Gasteiger partial charge in [-0.1, -0.05) is 32.9 Å². The zero-order valence-electron chi connectivity index (χ0n) is 11.6. The van der Waals surface area contributed by atoms with Crippen LogP contribution in [0.1, 0.15) is 32.8 Å². The van der Waals surface area contributed by atoms with Gasteiger partial charge in [0.05, 0.1) is 6.61 Å². The smallest absolute Gasteiger partial charge is 0.492 e. The molecular formula is C14H19BF3O-. The van der Waals surface area contributed by atoms with E-state index in [1.165, 1.54) is 0 Å².